The summed E-state index contributed by atoms with van der Waals surface area (Å²) in [5, 5.41) is 2.87. The molecule has 1 atom stereocenters. The lowest BCUT2D eigenvalue weighted by Crippen LogP contribution is -2.61. The van der Waals surface area contributed by atoms with Crippen molar-refractivity contribution in [2.24, 2.45) is 0 Å². The van der Waals surface area contributed by atoms with Gasteiger partial charge in [-0.15, -0.1) is 0 Å². The molecule has 2 aromatic rings. The van der Waals surface area contributed by atoms with E-state index in [1.165, 1.54) is 0 Å². The highest BCUT2D eigenvalue weighted by molar-refractivity contribution is 9.10. The fraction of sp³-hybridized carbons (Fsp3) is 0.278. The van der Waals surface area contributed by atoms with E-state index in [0.717, 1.165) is 15.9 Å². The molecule has 7 nitrogen and oxygen atoms in total. The number of anilines is 2. The number of rotatable bonds is 2. The molecule has 2 amide bonds. The second-order valence-electron chi connectivity index (χ2n) is 6.21. The summed E-state index contributed by atoms with van der Waals surface area (Å²) in [7, 11) is 0. The van der Waals surface area contributed by atoms with Crippen LogP contribution in [0.25, 0.3) is 0 Å². The summed E-state index contributed by atoms with van der Waals surface area (Å²) >= 11 is 3.36. The van der Waals surface area contributed by atoms with Crippen LogP contribution in [0.4, 0.5) is 16.3 Å². The van der Waals surface area contributed by atoms with Gasteiger partial charge in [-0.25, -0.2) is 9.78 Å². The number of fused-ring (bicyclic) bond motifs is 3. The van der Waals surface area contributed by atoms with Gasteiger partial charge in [0.15, 0.2) is 5.82 Å². The monoisotopic (exact) mass is 416 g/mol. The maximum absolute atomic E-state index is 12.5. The van der Waals surface area contributed by atoms with Gasteiger partial charge in [-0.05, 0) is 27.6 Å². The number of piperazine rings is 1. The summed E-state index contributed by atoms with van der Waals surface area (Å²) in [6.07, 6.45) is 1.30. The third-order valence-corrected chi connectivity index (χ3v) is 4.94. The average Bonchev–Trinajstić information content (AvgIpc) is 2.66. The third-order valence-electron chi connectivity index (χ3n) is 4.51. The lowest BCUT2D eigenvalue weighted by Gasteiger charge is -2.43. The van der Waals surface area contributed by atoms with E-state index in [9.17, 15) is 9.59 Å². The van der Waals surface area contributed by atoms with Gasteiger partial charge in [0, 0.05) is 23.8 Å². The van der Waals surface area contributed by atoms with Crippen molar-refractivity contribution in [1.82, 2.24) is 9.88 Å². The van der Waals surface area contributed by atoms with Crippen LogP contribution in [0.5, 0.6) is 0 Å². The number of ether oxygens (including phenoxy) is 1. The zero-order valence-corrected chi connectivity index (χ0v) is 15.5. The van der Waals surface area contributed by atoms with Crippen molar-refractivity contribution < 1.29 is 14.3 Å². The molecule has 0 spiro atoms. The van der Waals surface area contributed by atoms with E-state index in [4.69, 9.17) is 4.74 Å². The Morgan fingerprint density at radius 1 is 1.31 bits per heavy atom. The van der Waals surface area contributed by atoms with Crippen molar-refractivity contribution in [3.63, 3.8) is 0 Å². The molecule has 1 aromatic heterocycles. The third kappa shape index (κ3) is 3.24. The number of amides is 2. The van der Waals surface area contributed by atoms with Gasteiger partial charge < -0.3 is 19.9 Å². The lowest BCUT2D eigenvalue weighted by molar-refractivity contribution is -0.118. The molecular formula is C18H17BrN4O3. The van der Waals surface area contributed by atoms with Crippen molar-refractivity contribution >= 4 is 39.4 Å². The molecule has 1 fully saturated rings. The summed E-state index contributed by atoms with van der Waals surface area (Å²) in [4.78, 5) is 32.8. The number of carbonyl (C=O) groups is 2. The molecular weight excluding hydrogens is 400 g/mol. The van der Waals surface area contributed by atoms with E-state index in [2.05, 4.69) is 26.2 Å². The number of hydrogen-bond donors (Lipinski definition) is 1. The van der Waals surface area contributed by atoms with E-state index in [1.807, 2.05) is 41.3 Å². The number of hydrogen-bond acceptors (Lipinski definition) is 5. The van der Waals surface area contributed by atoms with Crippen LogP contribution in [0.15, 0.2) is 47.1 Å². The normalized spacial score (nSPS) is 18.7. The van der Waals surface area contributed by atoms with Gasteiger partial charge in [-0.3, -0.25) is 4.79 Å². The van der Waals surface area contributed by atoms with E-state index in [0.29, 0.717) is 18.8 Å². The summed E-state index contributed by atoms with van der Waals surface area (Å²) in [6.45, 7) is 1.50. The first kappa shape index (κ1) is 16.8. The number of halogens is 1. The Morgan fingerprint density at radius 3 is 2.92 bits per heavy atom. The summed E-state index contributed by atoms with van der Waals surface area (Å²) in [6, 6.07) is 10.9. The van der Waals surface area contributed by atoms with Crippen molar-refractivity contribution in [3.8, 4) is 0 Å². The lowest BCUT2D eigenvalue weighted by atomic mass is 10.1. The second kappa shape index (κ2) is 6.95. The molecule has 0 radical (unpaired) electrons. The molecule has 3 heterocycles. The van der Waals surface area contributed by atoms with Crippen molar-refractivity contribution in [2.45, 2.75) is 12.6 Å². The van der Waals surface area contributed by atoms with Crippen LogP contribution in [0.2, 0.25) is 0 Å². The average molecular weight is 417 g/mol. The highest BCUT2D eigenvalue weighted by Crippen LogP contribution is 2.33. The Kier molecular flexibility index (Phi) is 4.50. The zero-order valence-electron chi connectivity index (χ0n) is 13.9. The molecule has 1 N–H and O–H groups in total. The minimum atomic E-state index is -0.464. The van der Waals surface area contributed by atoms with Crippen LogP contribution in [0.1, 0.15) is 5.56 Å². The second-order valence-corrected chi connectivity index (χ2v) is 7.13. The molecule has 1 unspecified atom stereocenters. The first-order chi connectivity index (χ1) is 12.6. The minimum Gasteiger partial charge on any atom is -0.445 e. The van der Waals surface area contributed by atoms with E-state index in [-0.39, 0.29) is 19.1 Å². The molecule has 0 saturated carbocycles. The maximum Gasteiger partial charge on any atom is 0.410 e. The number of aromatic nitrogens is 1. The van der Waals surface area contributed by atoms with Crippen molar-refractivity contribution in [2.75, 3.05) is 29.9 Å². The molecule has 2 aliphatic rings. The SMILES string of the molecule is O=C1Nc2cc(Br)cnc2N2CCN(C(=O)OCc3ccccc3)CC12. The standard InChI is InChI=1S/C18H17BrN4O3/c19-13-8-14-16(20-9-13)23-7-6-22(10-15(23)17(24)21-14)18(25)26-11-12-4-2-1-3-5-12/h1-5,8-9,15H,6-7,10-11H2,(H,21,24). The number of nitrogens with zero attached hydrogens (tertiary/aromatic N) is 3. The van der Waals surface area contributed by atoms with E-state index in [1.54, 1.807) is 11.1 Å². The Labute approximate surface area is 159 Å². The Bertz CT molecular complexity index is 846. The summed E-state index contributed by atoms with van der Waals surface area (Å²) < 4.78 is 6.19. The molecule has 0 aliphatic carbocycles. The smallest absolute Gasteiger partial charge is 0.410 e. The first-order valence-electron chi connectivity index (χ1n) is 8.30. The van der Waals surface area contributed by atoms with Crippen molar-refractivity contribution in [1.29, 1.82) is 0 Å². The summed E-state index contributed by atoms with van der Waals surface area (Å²) in [5.74, 6) is 0.591. The largest absolute Gasteiger partial charge is 0.445 e. The summed E-state index contributed by atoms with van der Waals surface area (Å²) in [5.41, 5.74) is 1.61. The predicted octanol–water partition coefficient (Wildman–Crippen LogP) is 2.62. The Balaban J connectivity index is 1.43. The predicted molar refractivity (Wildman–Crippen MR) is 99.9 cm³/mol. The van der Waals surface area contributed by atoms with Gasteiger partial charge in [0.1, 0.15) is 12.6 Å². The number of benzene rings is 1. The molecule has 134 valence electrons. The molecule has 0 bridgehead atoms. The topological polar surface area (TPSA) is 74.8 Å². The van der Waals surface area contributed by atoms with Crippen LogP contribution in [-0.2, 0) is 16.1 Å². The number of nitrogens with one attached hydrogen (secondary N) is 1. The van der Waals surface area contributed by atoms with Gasteiger partial charge in [-0.2, -0.15) is 0 Å². The van der Waals surface area contributed by atoms with Crippen LogP contribution in [0, 0.1) is 0 Å². The number of carbonyl (C=O) groups excluding carboxylic acids is 2. The molecule has 1 saturated heterocycles. The van der Waals surface area contributed by atoms with Gasteiger partial charge in [-0.1, -0.05) is 30.3 Å². The van der Waals surface area contributed by atoms with Gasteiger partial charge >= 0.3 is 6.09 Å². The molecule has 4 rings (SSSR count). The van der Waals surface area contributed by atoms with Gasteiger partial charge in [0.25, 0.3) is 0 Å². The fourth-order valence-corrected chi connectivity index (χ4v) is 3.54. The Morgan fingerprint density at radius 2 is 2.12 bits per heavy atom. The van der Waals surface area contributed by atoms with Gasteiger partial charge in [0.2, 0.25) is 5.91 Å². The molecule has 8 heteroatoms. The minimum absolute atomic E-state index is 0.141. The molecule has 26 heavy (non-hydrogen) atoms. The quantitative estimate of drug-likeness (QED) is 0.814. The van der Waals surface area contributed by atoms with E-state index < -0.39 is 12.1 Å². The maximum atomic E-state index is 12.5. The van der Waals surface area contributed by atoms with E-state index >= 15 is 0 Å². The van der Waals surface area contributed by atoms with Crippen LogP contribution < -0.4 is 10.2 Å². The van der Waals surface area contributed by atoms with Crippen LogP contribution in [-0.4, -0.2) is 47.6 Å². The molecule has 2 aliphatic heterocycles. The fourth-order valence-electron chi connectivity index (χ4n) is 3.21. The van der Waals surface area contributed by atoms with Crippen molar-refractivity contribution in [3.05, 3.63) is 52.6 Å². The number of pyridine rings is 1. The first-order valence-corrected chi connectivity index (χ1v) is 9.10. The van der Waals surface area contributed by atoms with Crippen LogP contribution >= 0.6 is 15.9 Å². The molecule has 1 aromatic carbocycles. The van der Waals surface area contributed by atoms with Gasteiger partial charge in [0.05, 0.1) is 12.2 Å². The highest BCUT2D eigenvalue weighted by atomic mass is 79.9. The zero-order chi connectivity index (χ0) is 18.1. The Hall–Kier alpha value is -2.61. The van der Waals surface area contributed by atoms with Crippen LogP contribution in [0.3, 0.4) is 0 Å². The highest BCUT2D eigenvalue weighted by Gasteiger charge is 2.39.